The summed E-state index contributed by atoms with van der Waals surface area (Å²) in [6.07, 6.45) is 1.23. The van der Waals surface area contributed by atoms with Gasteiger partial charge in [-0.3, -0.25) is 9.89 Å². The van der Waals surface area contributed by atoms with Crippen molar-refractivity contribution in [2.45, 2.75) is 26.3 Å². The van der Waals surface area contributed by atoms with Gasteiger partial charge in [-0.2, -0.15) is 5.10 Å². The van der Waals surface area contributed by atoms with Crippen molar-refractivity contribution < 1.29 is 4.79 Å². The number of hydrogen-bond donors (Lipinski definition) is 2. The molecular formula is C15H16N4OS. The van der Waals surface area contributed by atoms with Gasteiger partial charge < -0.3 is 5.32 Å². The lowest BCUT2D eigenvalue weighted by atomic mass is 10.1. The third-order valence-electron chi connectivity index (χ3n) is 3.25. The molecule has 0 atom stereocenters. The SMILES string of the molecule is CCc1nc(CNC(=O)Cc2[nH]nc3ccccc23)cs1. The Balaban J connectivity index is 1.61. The Kier molecular flexibility index (Phi) is 3.96. The molecule has 0 saturated heterocycles. The van der Waals surface area contributed by atoms with Crippen LogP contribution in [-0.4, -0.2) is 21.1 Å². The van der Waals surface area contributed by atoms with Crippen molar-refractivity contribution in [1.82, 2.24) is 20.5 Å². The molecule has 1 aromatic carbocycles. The highest BCUT2D eigenvalue weighted by Gasteiger charge is 2.10. The molecule has 2 aromatic heterocycles. The molecule has 0 aliphatic carbocycles. The number of amides is 1. The molecule has 1 amide bonds. The van der Waals surface area contributed by atoms with Crippen LogP contribution in [0.5, 0.6) is 0 Å². The second-order valence-corrected chi connectivity index (χ2v) is 5.70. The van der Waals surface area contributed by atoms with Crippen molar-refractivity contribution in [3.05, 3.63) is 46.0 Å². The topological polar surface area (TPSA) is 70.7 Å². The predicted molar refractivity (Wildman–Crippen MR) is 83.1 cm³/mol. The van der Waals surface area contributed by atoms with Crippen LogP contribution in [0.3, 0.4) is 0 Å². The maximum absolute atomic E-state index is 12.0. The second-order valence-electron chi connectivity index (χ2n) is 4.76. The molecule has 0 fully saturated rings. The Morgan fingerprint density at radius 3 is 3.05 bits per heavy atom. The van der Waals surface area contributed by atoms with Gasteiger partial charge in [0.2, 0.25) is 5.91 Å². The maximum Gasteiger partial charge on any atom is 0.226 e. The molecule has 2 heterocycles. The van der Waals surface area contributed by atoms with E-state index in [9.17, 15) is 4.79 Å². The number of thiazole rings is 1. The van der Waals surface area contributed by atoms with Crippen LogP contribution in [0.25, 0.3) is 10.9 Å². The normalized spacial score (nSPS) is 10.9. The summed E-state index contributed by atoms with van der Waals surface area (Å²) in [5, 5.41) is 14.1. The van der Waals surface area contributed by atoms with Gasteiger partial charge in [-0.15, -0.1) is 11.3 Å². The van der Waals surface area contributed by atoms with Gasteiger partial charge >= 0.3 is 0 Å². The monoisotopic (exact) mass is 300 g/mol. The number of benzene rings is 1. The lowest BCUT2D eigenvalue weighted by Crippen LogP contribution is -2.24. The van der Waals surface area contributed by atoms with Gasteiger partial charge in [-0.25, -0.2) is 4.98 Å². The number of hydrogen-bond acceptors (Lipinski definition) is 4. The van der Waals surface area contributed by atoms with E-state index in [0.29, 0.717) is 13.0 Å². The fourth-order valence-electron chi connectivity index (χ4n) is 2.15. The van der Waals surface area contributed by atoms with Gasteiger partial charge in [0.15, 0.2) is 0 Å². The molecule has 6 heteroatoms. The van der Waals surface area contributed by atoms with Crippen LogP contribution in [0.2, 0.25) is 0 Å². The number of nitrogens with one attached hydrogen (secondary N) is 2. The van der Waals surface area contributed by atoms with Crippen molar-refractivity contribution in [3.63, 3.8) is 0 Å². The zero-order valence-electron chi connectivity index (χ0n) is 11.7. The van der Waals surface area contributed by atoms with E-state index in [-0.39, 0.29) is 5.91 Å². The van der Waals surface area contributed by atoms with Crippen LogP contribution in [0.15, 0.2) is 29.6 Å². The fraction of sp³-hybridized carbons (Fsp3) is 0.267. The number of H-pyrrole nitrogens is 1. The van der Waals surface area contributed by atoms with E-state index in [1.54, 1.807) is 11.3 Å². The van der Waals surface area contributed by atoms with E-state index >= 15 is 0 Å². The Bertz CT molecular complexity index is 762. The van der Waals surface area contributed by atoms with Gasteiger partial charge in [-0.05, 0) is 12.5 Å². The minimum atomic E-state index is -0.0320. The van der Waals surface area contributed by atoms with Crippen molar-refractivity contribution in [3.8, 4) is 0 Å². The van der Waals surface area contributed by atoms with E-state index in [2.05, 4.69) is 27.4 Å². The second kappa shape index (κ2) is 6.05. The molecular weight excluding hydrogens is 284 g/mol. The molecule has 0 aliphatic heterocycles. The van der Waals surface area contributed by atoms with Crippen molar-refractivity contribution in [1.29, 1.82) is 0 Å². The Hall–Kier alpha value is -2.21. The Morgan fingerprint density at radius 1 is 1.38 bits per heavy atom. The average molecular weight is 300 g/mol. The van der Waals surface area contributed by atoms with Crippen LogP contribution in [0, 0.1) is 0 Å². The van der Waals surface area contributed by atoms with Gasteiger partial charge in [0.25, 0.3) is 0 Å². The first kappa shape index (κ1) is 13.8. The molecule has 0 saturated carbocycles. The smallest absolute Gasteiger partial charge is 0.226 e. The highest BCUT2D eigenvalue weighted by molar-refractivity contribution is 7.09. The third kappa shape index (κ3) is 3.11. The summed E-state index contributed by atoms with van der Waals surface area (Å²) < 4.78 is 0. The van der Waals surface area contributed by atoms with E-state index in [0.717, 1.165) is 33.7 Å². The summed E-state index contributed by atoms with van der Waals surface area (Å²) in [6.45, 7) is 2.55. The molecule has 0 unspecified atom stereocenters. The average Bonchev–Trinajstić information content (AvgIpc) is 3.12. The summed E-state index contributed by atoms with van der Waals surface area (Å²) in [6, 6.07) is 7.77. The van der Waals surface area contributed by atoms with E-state index in [1.165, 1.54) is 0 Å². The summed E-state index contributed by atoms with van der Waals surface area (Å²) in [5.74, 6) is -0.0320. The van der Waals surface area contributed by atoms with Crippen LogP contribution < -0.4 is 5.32 Å². The molecule has 2 N–H and O–H groups in total. The molecule has 5 nitrogen and oxygen atoms in total. The van der Waals surface area contributed by atoms with E-state index < -0.39 is 0 Å². The zero-order valence-corrected chi connectivity index (χ0v) is 12.5. The molecule has 0 bridgehead atoms. The largest absolute Gasteiger partial charge is 0.350 e. The number of carbonyl (C=O) groups excluding carboxylic acids is 1. The lowest BCUT2D eigenvalue weighted by molar-refractivity contribution is -0.120. The zero-order chi connectivity index (χ0) is 14.7. The Labute approximate surface area is 126 Å². The number of aryl methyl sites for hydroxylation is 1. The van der Waals surface area contributed by atoms with E-state index in [4.69, 9.17) is 0 Å². The molecule has 0 spiro atoms. The number of aromatic nitrogens is 3. The van der Waals surface area contributed by atoms with Crippen molar-refractivity contribution in [2.75, 3.05) is 0 Å². The first-order chi connectivity index (χ1) is 10.3. The first-order valence-electron chi connectivity index (χ1n) is 6.88. The van der Waals surface area contributed by atoms with Gasteiger partial charge in [0, 0.05) is 10.8 Å². The number of para-hydroxylation sites is 1. The predicted octanol–water partition coefficient (Wildman–Crippen LogP) is 2.44. The first-order valence-corrected chi connectivity index (χ1v) is 7.76. The highest BCUT2D eigenvalue weighted by Crippen LogP contribution is 2.15. The maximum atomic E-state index is 12.0. The standard InChI is InChI=1S/C15H16N4OS/c1-2-15-17-10(9-21-15)8-16-14(20)7-13-11-5-3-4-6-12(11)18-19-13/h3-6,9H,2,7-8H2,1H3,(H,16,20)(H,18,19). The van der Waals surface area contributed by atoms with Crippen LogP contribution in [-0.2, 0) is 24.2 Å². The van der Waals surface area contributed by atoms with Gasteiger partial charge in [0.05, 0.1) is 34.9 Å². The number of fused-ring (bicyclic) bond motifs is 1. The minimum absolute atomic E-state index is 0.0320. The van der Waals surface area contributed by atoms with Crippen LogP contribution >= 0.6 is 11.3 Å². The minimum Gasteiger partial charge on any atom is -0.350 e. The van der Waals surface area contributed by atoms with Gasteiger partial charge in [0.1, 0.15) is 0 Å². The molecule has 108 valence electrons. The summed E-state index contributed by atoms with van der Waals surface area (Å²) in [5.41, 5.74) is 2.64. The Morgan fingerprint density at radius 2 is 2.24 bits per heavy atom. The number of rotatable bonds is 5. The molecule has 0 aliphatic rings. The van der Waals surface area contributed by atoms with Crippen molar-refractivity contribution in [2.24, 2.45) is 0 Å². The lowest BCUT2D eigenvalue weighted by Gasteiger charge is -2.02. The summed E-state index contributed by atoms with van der Waals surface area (Å²) in [7, 11) is 0. The molecule has 3 rings (SSSR count). The van der Waals surface area contributed by atoms with Crippen molar-refractivity contribution >= 4 is 28.1 Å². The van der Waals surface area contributed by atoms with Crippen LogP contribution in [0.4, 0.5) is 0 Å². The number of nitrogens with zero attached hydrogens (tertiary/aromatic N) is 2. The highest BCUT2D eigenvalue weighted by atomic mass is 32.1. The van der Waals surface area contributed by atoms with E-state index in [1.807, 2.05) is 29.6 Å². The molecule has 0 radical (unpaired) electrons. The molecule has 21 heavy (non-hydrogen) atoms. The number of aromatic amines is 1. The fourth-order valence-corrected chi connectivity index (χ4v) is 2.90. The molecule has 3 aromatic rings. The third-order valence-corrected chi connectivity index (χ3v) is 4.29. The summed E-state index contributed by atoms with van der Waals surface area (Å²) in [4.78, 5) is 16.5. The van der Waals surface area contributed by atoms with Gasteiger partial charge in [-0.1, -0.05) is 25.1 Å². The summed E-state index contributed by atoms with van der Waals surface area (Å²) >= 11 is 1.63. The quantitative estimate of drug-likeness (QED) is 0.760. The van der Waals surface area contributed by atoms with Crippen LogP contribution in [0.1, 0.15) is 23.3 Å². The number of carbonyl (C=O) groups is 1.